The second-order valence-electron chi connectivity index (χ2n) is 7.55. The molecule has 0 heterocycles. The van der Waals surface area contributed by atoms with Crippen molar-refractivity contribution in [3.05, 3.63) is 94.5 Å². The second-order valence-corrected chi connectivity index (χ2v) is 9.82. The number of hydrogen-bond acceptors (Lipinski definition) is 4. The Morgan fingerprint density at radius 2 is 1.67 bits per heavy atom. The third-order valence-electron chi connectivity index (χ3n) is 5.24. The summed E-state index contributed by atoms with van der Waals surface area (Å²) in [6, 6.07) is 20.2. The monoisotopic (exact) mass is 483 g/mol. The molecule has 0 aliphatic heterocycles. The van der Waals surface area contributed by atoms with Crippen LogP contribution >= 0.6 is 11.6 Å². The van der Waals surface area contributed by atoms with E-state index in [2.05, 4.69) is 10.5 Å². The van der Waals surface area contributed by atoms with Crippen LogP contribution in [0.25, 0.3) is 0 Å². The van der Waals surface area contributed by atoms with Gasteiger partial charge >= 0.3 is 0 Å². The standard InChI is InChI=1S/C25H26ClN3O3S/c1-4-18(2)27-28-25(30)21-15-13-20(14-16-21)17-29(24-12-8-11-23(26)19(24)3)33(31,32)22-9-6-5-7-10-22/h5-16H,4,17H2,1-3H3,(H,28,30)/b27-18-. The van der Waals surface area contributed by atoms with Crippen LogP contribution in [0.5, 0.6) is 0 Å². The third-order valence-corrected chi connectivity index (χ3v) is 7.42. The molecule has 33 heavy (non-hydrogen) atoms. The molecule has 0 spiro atoms. The van der Waals surface area contributed by atoms with Crippen molar-refractivity contribution in [1.29, 1.82) is 0 Å². The van der Waals surface area contributed by atoms with E-state index < -0.39 is 10.0 Å². The van der Waals surface area contributed by atoms with Gasteiger partial charge in [-0.3, -0.25) is 9.10 Å². The van der Waals surface area contributed by atoms with Crippen LogP contribution in [0.1, 0.15) is 41.8 Å². The Bertz CT molecular complexity index is 1260. The van der Waals surface area contributed by atoms with E-state index in [9.17, 15) is 13.2 Å². The summed E-state index contributed by atoms with van der Waals surface area (Å²) in [5.41, 5.74) is 5.66. The zero-order valence-electron chi connectivity index (χ0n) is 18.7. The fourth-order valence-corrected chi connectivity index (χ4v) is 4.80. The molecule has 0 saturated carbocycles. The van der Waals surface area contributed by atoms with Crippen molar-refractivity contribution < 1.29 is 13.2 Å². The van der Waals surface area contributed by atoms with Gasteiger partial charge in [0.2, 0.25) is 0 Å². The number of halogens is 1. The molecule has 3 rings (SSSR count). The Balaban J connectivity index is 1.95. The highest BCUT2D eigenvalue weighted by Crippen LogP contribution is 2.32. The van der Waals surface area contributed by atoms with Crippen LogP contribution < -0.4 is 9.73 Å². The molecule has 0 aliphatic rings. The molecule has 1 N–H and O–H groups in total. The summed E-state index contributed by atoms with van der Waals surface area (Å²) < 4.78 is 28.5. The molecular weight excluding hydrogens is 458 g/mol. The maximum atomic E-state index is 13.6. The van der Waals surface area contributed by atoms with Gasteiger partial charge in [-0.2, -0.15) is 5.10 Å². The minimum absolute atomic E-state index is 0.0768. The predicted molar refractivity (Wildman–Crippen MR) is 133 cm³/mol. The van der Waals surface area contributed by atoms with E-state index in [1.54, 1.807) is 79.7 Å². The van der Waals surface area contributed by atoms with Crippen LogP contribution in [0.15, 0.2) is 82.8 Å². The Labute approximate surface area is 200 Å². The lowest BCUT2D eigenvalue weighted by Crippen LogP contribution is -2.31. The Morgan fingerprint density at radius 1 is 1.00 bits per heavy atom. The zero-order valence-corrected chi connectivity index (χ0v) is 20.3. The highest BCUT2D eigenvalue weighted by atomic mass is 35.5. The molecule has 172 valence electrons. The molecule has 6 nitrogen and oxygen atoms in total. The van der Waals surface area contributed by atoms with Gasteiger partial charge < -0.3 is 0 Å². The molecule has 1 amide bonds. The molecule has 8 heteroatoms. The molecule has 0 atom stereocenters. The molecule has 0 bridgehead atoms. The van der Waals surface area contributed by atoms with E-state index in [4.69, 9.17) is 11.6 Å². The number of hydrogen-bond donors (Lipinski definition) is 1. The van der Waals surface area contributed by atoms with Crippen LogP contribution in [-0.4, -0.2) is 20.0 Å². The van der Waals surface area contributed by atoms with E-state index in [0.717, 1.165) is 17.7 Å². The van der Waals surface area contributed by atoms with Gasteiger partial charge in [0, 0.05) is 16.3 Å². The first kappa shape index (κ1) is 24.5. The van der Waals surface area contributed by atoms with Gasteiger partial charge in [0.1, 0.15) is 0 Å². The quantitative estimate of drug-likeness (QED) is 0.336. The van der Waals surface area contributed by atoms with Crippen molar-refractivity contribution >= 4 is 38.9 Å². The lowest BCUT2D eigenvalue weighted by atomic mass is 10.1. The molecular formula is C25H26ClN3O3S. The lowest BCUT2D eigenvalue weighted by molar-refractivity contribution is 0.0954. The number of benzene rings is 3. The first-order valence-electron chi connectivity index (χ1n) is 10.5. The SMILES string of the molecule is CC/C(C)=N\NC(=O)c1ccc(CN(c2cccc(Cl)c2C)S(=O)(=O)c2ccccc2)cc1. The van der Waals surface area contributed by atoms with E-state index in [-0.39, 0.29) is 17.3 Å². The van der Waals surface area contributed by atoms with Gasteiger partial charge in [-0.15, -0.1) is 0 Å². The van der Waals surface area contributed by atoms with Crippen LogP contribution in [-0.2, 0) is 16.6 Å². The minimum Gasteiger partial charge on any atom is -0.267 e. The fourth-order valence-electron chi connectivity index (χ4n) is 3.10. The van der Waals surface area contributed by atoms with Gasteiger partial charge in [0.05, 0.1) is 17.1 Å². The highest BCUT2D eigenvalue weighted by Gasteiger charge is 2.27. The average Bonchev–Trinajstić information content (AvgIpc) is 2.83. The van der Waals surface area contributed by atoms with Crippen molar-refractivity contribution in [3.63, 3.8) is 0 Å². The Hall–Kier alpha value is -3.16. The van der Waals surface area contributed by atoms with Crippen molar-refractivity contribution in [2.45, 2.75) is 38.6 Å². The first-order valence-corrected chi connectivity index (χ1v) is 12.3. The van der Waals surface area contributed by atoms with E-state index in [0.29, 0.717) is 21.8 Å². The van der Waals surface area contributed by atoms with Crippen molar-refractivity contribution in [1.82, 2.24) is 5.43 Å². The fraction of sp³-hybridized carbons (Fsp3) is 0.200. The number of anilines is 1. The molecule has 0 aliphatic carbocycles. The number of carbonyl (C=O) groups is 1. The summed E-state index contributed by atoms with van der Waals surface area (Å²) in [7, 11) is -3.86. The number of nitrogens with zero attached hydrogens (tertiary/aromatic N) is 2. The smallest absolute Gasteiger partial charge is 0.267 e. The van der Waals surface area contributed by atoms with Crippen LogP contribution in [0.4, 0.5) is 5.69 Å². The summed E-state index contributed by atoms with van der Waals surface area (Å²) in [6.07, 6.45) is 0.744. The summed E-state index contributed by atoms with van der Waals surface area (Å²) in [5.74, 6) is -0.325. The van der Waals surface area contributed by atoms with Gasteiger partial charge in [-0.25, -0.2) is 13.8 Å². The molecule has 0 radical (unpaired) electrons. The summed E-state index contributed by atoms with van der Waals surface area (Å²) in [4.78, 5) is 12.5. The van der Waals surface area contributed by atoms with Gasteiger partial charge in [0.15, 0.2) is 0 Å². The number of amides is 1. The van der Waals surface area contributed by atoms with E-state index in [1.165, 1.54) is 4.31 Å². The largest absolute Gasteiger partial charge is 0.271 e. The second kappa shape index (κ2) is 10.6. The molecule has 3 aromatic rings. The van der Waals surface area contributed by atoms with Gasteiger partial charge in [0.25, 0.3) is 15.9 Å². The van der Waals surface area contributed by atoms with Crippen molar-refractivity contribution in [3.8, 4) is 0 Å². The lowest BCUT2D eigenvalue weighted by Gasteiger charge is -2.26. The van der Waals surface area contributed by atoms with Crippen molar-refractivity contribution in [2.24, 2.45) is 5.10 Å². The minimum atomic E-state index is -3.86. The predicted octanol–water partition coefficient (Wildman–Crippen LogP) is 5.56. The number of hydrazone groups is 1. The number of nitrogens with one attached hydrogen (secondary N) is 1. The third kappa shape index (κ3) is 5.80. The number of rotatable bonds is 8. The van der Waals surface area contributed by atoms with Gasteiger partial charge in [-0.05, 0) is 67.8 Å². The number of carbonyl (C=O) groups excluding carboxylic acids is 1. The maximum Gasteiger partial charge on any atom is 0.271 e. The highest BCUT2D eigenvalue weighted by molar-refractivity contribution is 7.92. The van der Waals surface area contributed by atoms with Crippen molar-refractivity contribution in [2.75, 3.05) is 4.31 Å². The molecule has 0 fully saturated rings. The Kier molecular flexibility index (Phi) is 7.89. The number of sulfonamides is 1. The first-order chi connectivity index (χ1) is 15.7. The molecule has 0 aromatic heterocycles. The summed E-state index contributed by atoms with van der Waals surface area (Å²) in [6.45, 7) is 5.66. The molecule has 3 aromatic carbocycles. The van der Waals surface area contributed by atoms with Gasteiger partial charge in [-0.1, -0.05) is 54.9 Å². The molecule has 0 unspecified atom stereocenters. The van der Waals surface area contributed by atoms with E-state index >= 15 is 0 Å². The maximum absolute atomic E-state index is 13.6. The molecule has 0 saturated heterocycles. The summed E-state index contributed by atoms with van der Waals surface area (Å²) >= 11 is 6.30. The Morgan fingerprint density at radius 3 is 2.30 bits per heavy atom. The summed E-state index contributed by atoms with van der Waals surface area (Å²) in [5, 5.41) is 4.51. The normalized spacial score (nSPS) is 11.8. The topological polar surface area (TPSA) is 78.8 Å². The zero-order chi connectivity index (χ0) is 24.0. The van der Waals surface area contributed by atoms with Crippen LogP contribution in [0.2, 0.25) is 5.02 Å². The van der Waals surface area contributed by atoms with E-state index in [1.807, 2.05) is 13.8 Å². The van der Waals surface area contributed by atoms with Crippen LogP contribution in [0, 0.1) is 6.92 Å². The average molecular weight is 484 g/mol. The van der Waals surface area contributed by atoms with Crippen LogP contribution in [0.3, 0.4) is 0 Å².